The first-order valence-electron chi connectivity index (χ1n) is 6.53. The summed E-state index contributed by atoms with van der Waals surface area (Å²) >= 11 is 0. The van der Waals surface area contributed by atoms with Crippen LogP contribution in [0.5, 0.6) is 0 Å². The first kappa shape index (κ1) is 13.7. The molecule has 5 nitrogen and oxygen atoms in total. The number of rotatable bonds is 5. The Labute approximate surface area is 113 Å². The van der Waals surface area contributed by atoms with Crippen LogP contribution >= 0.6 is 0 Å². The quantitative estimate of drug-likeness (QED) is 0.501. The van der Waals surface area contributed by atoms with Crippen LogP contribution in [0.1, 0.15) is 18.0 Å². The topological polar surface area (TPSA) is 58.4 Å². The maximum absolute atomic E-state index is 11.2. The fourth-order valence-corrected chi connectivity index (χ4v) is 2.56. The van der Waals surface area contributed by atoms with E-state index in [9.17, 15) is 10.1 Å². The van der Waals surface area contributed by atoms with E-state index in [1.54, 1.807) is 12.1 Å². The van der Waals surface area contributed by atoms with E-state index >= 15 is 0 Å². The summed E-state index contributed by atoms with van der Waals surface area (Å²) in [6, 6.07) is 7.05. The normalized spacial score (nSPS) is 17.9. The second-order valence-corrected chi connectivity index (χ2v) is 4.64. The number of benzene rings is 1. The standard InChI is InChI=1S/C14H19N3O2/c1-2-5-13(16-10-8-15-9-11-16)12-6-3-4-7-14(12)17(18)19/h2-4,6-7,13,15H,1,5,8-11H2/t13-/m0/s1. The number of hydrogen-bond donors (Lipinski definition) is 1. The Morgan fingerprint density at radius 2 is 2.11 bits per heavy atom. The zero-order valence-electron chi connectivity index (χ0n) is 10.9. The Hall–Kier alpha value is -1.72. The zero-order valence-corrected chi connectivity index (χ0v) is 10.9. The fourth-order valence-electron chi connectivity index (χ4n) is 2.56. The molecule has 1 fully saturated rings. The van der Waals surface area contributed by atoms with Crippen LogP contribution in [-0.4, -0.2) is 36.0 Å². The van der Waals surface area contributed by atoms with Gasteiger partial charge in [-0.3, -0.25) is 15.0 Å². The molecule has 1 N–H and O–H groups in total. The van der Waals surface area contributed by atoms with E-state index in [1.807, 2.05) is 18.2 Å². The molecular formula is C14H19N3O2. The Kier molecular flexibility index (Phi) is 4.65. The molecule has 1 aromatic carbocycles. The van der Waals surface area contributed by atoms with Crippen molar-refractivity contribution in [3.63, 3.8) is 0 Å². The minimum atomic E-state index is -0.298. The molecule has 102 valence electrons. The molecule has 0 amide bonds. The molecular weight excluding hydrogens is 242 g/mol. The van der Waals surface area contributed by atoms with Gasteiger partial charge in [0.2, 0.25) is 0 Å². The molecule has 0 unspecified atom stereocenters. The third kappa shape index (κ3) is 3.19. The average molecular weight is 261 g/mol. The van der Waals surface area contributed by atoms with Crippen LogP contribution in [0, 0.1) is 10.1 Å². The summed E-state index contributed by atoms with van der Waals surface area (Å²) < 4.78 is 0. The SMILES string of the molecule is C=CC[C@@H](c1ccccc1[N+](=O)[O-])N1CCNCC1. The Morgan fingerprint density at radius 1 is 1.42 bits per heavy atom. The van der Waals surface area contributed by atoms with Crippen LogP contribution in [0.25, 0.3) is 0 Å². The second kappa shape index (κ2) is 6.45. The van der Waals surface area contributed by atoms with Gasteiger partial charge in [0, 0.05) is 43.9 Å². The number of nitrogens with one attached hydrogen (secondary N) is 1. The van der Waals surface area contributed by atoms with Crippen molar-refractivity contribution in [2.24, 2.45) is 0 Å². The van der Waals surface area contributed by atoms with E-state index in [2.05, 4.69) is 16.8 Å². The second-order valence-electron chi connectivity index (χ2n) is 4.64. The highest BCUT2D eigenvalue weighted by molar-refractivity contribution is 5.42. The van der Waals surface area contributed by atoms with Crippen molar-refractivity contribution in [1.29, 1.82) is 0 Å². The van der Waals surface area contributed by atoms with Gasteiger partial charge in [0.05, 0.1) is 4.92 Å². The van der Waals surface area contributed by atoms with Gasteiger partial charge in [-0.05, 0) is 6.42 Å². The third-order valence-electron chi connectivity index (χ3n) is 3.47. The predicted octanol–water partition coefficient (Wildman–Crippen LogP) is 2.12. The highest BCUT2D eigenvalue weighted by Crippen LogP contribution is 2.31. The monoisotopic (exact) mass is 261 g/mol. The van der Waals surface area contributed by atoms with Gasteiger partial charge in [-0.25, -0.2) is 0 Å². The third-order valence-corrected chi connectivity index (χ3v) is 3.47. The van der Waals surface area contributed by atoms with E-state index in [-0.39, 0.29) is 16.7 Å². The van der Waals surface area contributed by atoms with Gasteiger partial charge in [0.15, 0.2) is 0 Å². The van der Waals surface area contributed by atoms with Crippen molar-refractivity contribution in [2.75, 3.05) is 26.2 Å². The lowest BCUT2D eigenvalue weighted by Crippen LogP contribution is -2.45. The largest absolute Gasteiger partial charge is 0.314 e. The molecule has 0 spiro atoms. The van der Waals surface area contributed by atoms with E-state index in [0.717, 1.165) is 38.2 Å². The van der Waals surface area contributed by atoms with E-state index in [1.165, 1.54) is 0 Å². The molecule has 1 heterocycles. The van der Waals surface area contributed by atoms with Crippen LogP contribution < -0.4 is 5.32 Å². The Morgan fingerprint density at radius 3 is 2.74 bits per heavy atom. The van der Waals surface area contributed by atoms with Crippen LogP contribution in [0.3, 0.4) is 0 Å². The lowest BCUT2D eigenvalue weighted by molar-refractivity contribution is -0.386. The highest BCUT2D eigenvalue weighted by Gasteiger charge is 2.26. The smallest absolute Gasteiger partial charge is 0.274 e. The Bertz CT molecular complexity index is 456. The molecule has 0 radical (unpaired) electrons. The zero-order chi connectivity index (χ0) is 13.7. The van der Waals surface area contributed by atoms with Gasteiger partial charge >= 0.3 is 0 Å². The molecule has 0 aromatic heterocycles. The molecule has 1 atom stereocenters. The van der Waals surface area contributed by atoms with Crippen molar-refractivity contribution in [3.05, 3.63) is 52.6 Å². The molecule has 1 aliphatic rings. The summed E-state index contributed by atoms with van der Waals surface area (Å²) in [6.07, 6.45) is 2.56. The maximum atomic E-state index is 11.2. The van der Waals surface area contributed by atoms with Gasteiger partial charge in [0.25, 0.3) is 5.69 Å². The van der Waals surface area contributed by atoms with Crippen LogP contribution in [-0.2, 0) is 0 Å². The van der Waals surface area contributed by atoms with Crippen LogP contribution in [0.4, 0.5) is 5.69 Å². The van der Waals surface area contributed by atoms with Gasteiger partial charge < -0.3 is 5.32 Å². The number of nitro benzene ring substituents is 1. The first-order chi connectivity index (χ1) is 9.24. The molecule has 19 heavy (non-hydrogen) atoms. The molecule has 1 aliphatic heterocycles. The van der Waals surface area contributed by atoms with Crippen molar-refractivity contribution in [2.45, 2.75) is 12.5 Å². The number of piperazine rings is 1. The summed E-state index contributed by atoms with van der Waals surface area (Å²) in [5.74, 6) is 0. The molecule has 1 aromatic rings. The maximum Gasteiger partial charge on any atom is 0.274 e. The van der Waals surface area contributed by atoms with Gasteiger partial charge in [-0.15, -0.1) is 6.58 Å². The van der Waals surface area contributed by atoms with Crippen LogP contribution in [0.15, 0.2) is 36.9 Å². The fraction of sp³-hybridized carbons (Fsp3) is 0.429. The predicted molar refractivity (Wildman–Crippen MR) is 75.1 cm³/mol. The number of nitrogens with zero attached hydrogens (tertiary/aromatic N) is 2. The van der Waals surface area contributed by atoms with Crippen molar-refractivity contribution in [3.8, 4) is 0 Å². The van der Waals surface area contributed by atoms with Crippen LogP contribution in [0.2, 0.25) is 0 Å². The van der Waals surface area contributed by atoms with E-state index < -0.39 is 0 Å². The minimum absolute atomic E-state index is 0.0428. The van der Waals surface area contributed by atoms with Crippen molar-refractivity contribution < 1.29 is 4.92 Å². The summed E-state index contributed by atoms with van der Waals surface area (Å²) in [5, 5.41) is 14.5. The number of hydrogen-bond acceptors (Lipinski definition) is 4. The van der Waals surface area contributed by atoms with E-state index in [0.29, 0.717) is 0 Å². The van der Waals surface area contributed by atoms with Gasteiger partial charge in [0.1, 0.15) is 0 Å². The minimum Gasteiger partial charge on any atom is -0.314 e. The lowest BCUT2D eigenvalue weighted by Gasteiger charge is -2.34. The first-order valence-corrected chi connectivity index (χ1v) is 6.53. The highest BCUT2D eigenvalue weighted by atomic mass is 16.6. The molecule has 0 saturated carbocycles. The summed E-state index contributed by atoms with van der Waals surface area (Å²) in [6.45, 7) is 7.45. The molecule has 5 heteroatoms. The van der Waals surface area contributed by atoms with Crippen molar-refractivity contribution >= 4 is 5.69 Å². The Balaban J connectivity index is 2.32. The number of nitro groups is 1. The molecule has 0 aliphatic carbocycles. The number of para-hydroxylation sites is 1. The molecule has 0 bridgehead atoms. The van der Waals surface area contributed by atoms with Crippen molar-refractivity contribution in [1.82, 2.24) is 10.2 Å². The van der Waals surface area contributed by atoms with E-state index in [4.69, 9.17) is 0 Å². The molecule has 1 saturated heterocycles. The summed E-state index contributed by atoms with van der Waals surface area (Å²) in [7, 11) is 0. The lowest BCUT2D eigenvalue weighted by atomic mass is 9.99. The summed E-state index contributed by atoms with van der Waals surface area (Å²) in [5.41, 5.74) is 0.988. The average Bonchev–Trinajstić information content (AvgIpc) is 2.45. The summed E-state index contributed by atoms with van der Waals surface area (Å²) in [4.78, 5) is 13.2. The van der Waals surface area contributed by atoms with Gasteiger partial charge in [-0.2, -0.15) is 0 Å². The molecule has 2 rings (SSSR count). The van der Waals surface area contributed by atoms with Gasteiger partial charge in [-0.1, -0.05) is 24.3 Å².